The van der Waals surface area contributed by atoms with Crippen LogP contribution in [0, 0.1) is 18.8 Å². The first kappa shape index (κ1) is 23.1. The van der Waals surface area contributed by atoms with Crippen LogP contribution in [0.1, 0.15) is 46.5 Å². The van der Waals surface area contributed by atoms with E-state index in [0.29, 0.717) is 47.0 Å². The number of hydrogen-bond donors (Lipinski definition) is 3. The summed E-state index contributed by atoms with van der Waals surface area (Å²) in [7, 11) is 1.54. The van der Waals surface area contributed by atoms with E-state index in [1.807, 2.05) is 13.0 Å². The van der Waals surface area contributed by atoms with Gasteiger partial charge in [0.25, 0.3) is 5.91 Å². The fourth-order valence-corrected chi connectivity index (χ4v) is 4.88. The Hall–Kier alpha value is -2.58. The molecule has 1 heterocycles. The van der Waals surface area contributed by atoms with Gasteiger partial charge in [0.2, 0.25) is 5.91 Å². The third-order valence-corrected chi connectivity index (χ3v) is 6.71. The molecule has 1 fully saturated rings. The van der Waals surface area contributed by atoms with Crippen LogP contribution in [0.2, 0.25) is 5.02 Å². The van der Waals surface area contributed by atoms with E-state index in [1.165, 1.54) is 18.4 Å². The molecule has 0 spiro atoms. The zero-order valence-electron chi connectivity index (χ0n) is 17.4. The quantitative estimate of drug-likeness (QED) is 0.560. The SMILES string of the molecule is COc1ccc(CNC(=O)c2cc(C)sc2NC(=O)C2CCC(C(=O)O)CC2)cc1Cl. The van der Waals surface area contributed by atoms with Crippen molar-refractivity contribution in [3.63, 3.8) is 0 Å². The van der Waals surface area contributed by atoms with Crippen molar-refractivity contribution in [2.75, 3.05) is 12.4 Å². The molecule has 0 bridgehead atoms. The highest BCUT2D eigenvalue weighted by Gasteiger charge is 2.30. The second-order valence-corrected chi connectivity index (χ2v) is 9.29. The molecule has 0 unspecified atom stereocenters. The maximum absolute atomic E-state index is 12.8. The predicted molar refractivity (Wildman–Crippen MR) is 120 cm³/mol. The van der Waals surface area contributed by atoms with Crippen LogP contribution in [0.3, 0.4) is 0 Å². The van der Waals surface area contributed by atoms with Crippen molar-refractivity contribution >= 4 is 45.7 Å². The fraction of sp³-hybridized carbons (Fsp3) is 0.409. The van der Waals surface area contributed by atoms with Crippen LogP contribution in [-0.2, 0) is 16.1 Å². The first-order chi connectivity index (χ1) is 14.8. The van der Waals surface area contributed by atoms with Crippen LogP contribution in [0.5, 0.6) is 5.75 Å². The van der Waals surface area contributed by atoms with Gasteiger partial charge in [0.1, 0.15) is 10.8 Å². The average molecular weight is 465 g/mol. The standard InChI is InChI=1S/C22H25ClN2O5S/c1-12-9-16(20(27)24-11-13-3-8-18(30-2)17(23)10-13)21(31-12)25-19(26)14-4-6-15(7-5-14)22(28)29/h3,8-10,14-15H,4-7,11H2,1-2H3,(H,24,27)(H,25,26)(H,28,29). The number of amides is 2. The lowest BCUT2D eigenvalue weighted by Gasteiger charge is -2.25. The molecule has 1 aromatic carbocycles. The summed E-state index contributed by atoms with van der Waals surface area (Å²) in [6.07, 6.45) is 2.06. The minimum atomic E-state index is -0.801. The normalized spacial score (nSPS) is 18.3. The third kappa shape index (κ3) is 5.77. The van der Waals surface area contributed by atoms with Crippen molar-refractivity contribution in [3.05, 3.63) is 45.3 Å². The van der Waals surface area contributed by atoms with Gasteiger partial charge in [-0.05, 0) is 56.4 Å². The molecule has 0 saturated heterocycles. The van der Waals surface area contributed by atoms with Crippen LogP contribution in [0.25, 0.3) is 0 Å². The number of rotatable bonds is 7. The summed E-state index contributed by atoms with van der Waals surface area (Å²) >= 11 is 7.48. The Kier molecular flexibility index (Phi) is 7.56. The van der Waals surface area contributed by atoms with Crippen molar-refractivity contribution in [2.45, 2.75) is 39.2 Å². The summed E-state index contributed by atoms with van der Waals surface area (Å²) in [5.74, 6) is -1.31. The van der Waals surface area contributed by atoms with Crippen LogP contribution in [-0.4, -0.2) is 30.0 Å². The van der Waals surface area contributed by atoms with E-state index in [-0.39, 0.29) is 30.2 Å². The average Bonchev–Trinajstić information content (AvgIpc) is 3.12. The highest BCUT2D eigenvalue weighted by atomic mass is 35.5. The van der Waals surface area contributed by atoms with E-state index in [2.05, 4.69) is 10.6 Å². The molecule has 2 aromatic rings. The lowest BCUT2D eigenvalue weighted by Crippen LogP contribution is -2.30. The van der Waals surface area contributed by atoms with E-state index in [1.54, 1.807) is 18.2 Å². The summed E-state index contributed by atoms with van der Waals surface area (Å²) in [5, 5.41) is 15.8. The van der Waals surface area contributed by atoms with Gasteiger partial charge in [-0.1, -0.05) is 17.7 Å². The van der Waals surface area contributed by atoms with Crippen molar-refractivity contribution in [3.8, 4) is 5.75 Å². The molecule has 0 aliphatic heterocycles. The number of nitrogens with one attached hydrogen (secondary N) is 2. The van der Waals surface area contributed by atoms with Gasteiger partial charge >= 0.3 is 5.97 Å². The Morgan fingerprint density at radius 1 is 1.16 bits per heavy atom. The third-order valence-electron chi connectivity index (χ3n) is 5.45. The van der Waals surface area contributed by atoms with Gasteiger partial charge in [-0.25, -0.2) is 0 Å². The highest BCUT2D eigenvalue weighted by molar-refractivity contribution is 7.16. The molecular formula is C22H25ClN2O5S. The predicted octanol–water partition coefficient (Wildman–Crippen LogP) is 4.48. The molecule has 3 rings (SSSR count). The molecule has 0 radical (unpaired) electrons. The second-order valence-electron chi connectivity index (χ2n) is 7.63. The zero-order valence-corrected chi connectivity index (χ0v) is 18.9. The minimum absolute atomic E-state index is 0.165. The topological polar surface area (TPSA) is 105 Å². The summed E-state index contributed by atoms with van der Waals surface area (Å²) in [4.78, 5) is 37.5. The molecule has 1 aliphatic carbocycles. The first-order valence-electron chi connectivity index (χ1n) is 10.0. The number of anilines is 1. The largest absolute Gasteiger partial charge is 0.495 e. The van der Waals surface area contributed by atoms with E-state index >= 15 is 0 Å². The number of carboxylic acids is 1. The fourth-order valence-electron chi connectivity index (χ4n) is 3.69. The number of thiophene rings is 1. The number of carbonyl (C=O) groups is 3. The van der Waals surface area contributed by atoms with Gasteiger partial charge in [0, 0.05) is 17.3 Å². The lowest BCUT2D eigenvalue weighted by molar-refractivity contribution is -0.143. The number of carbonyl (C=O) groups excluding carboxylic acids is 2. The molecule has 7 nitrogen and oxygen atoms in total. The molecule has 31 heavy (non-hydrogen) atoms. The highest BCUT2D eigenvalue weighted by Crippen LogP contribution is 2.32. The molecule has 2 amide bonds. The Morgan fingerprint density at radius 3 is 2.45 bits per heavy atom. The number of benzene rings is 1. The monoisotopic (exact) mass is 464 g/mol. The maximum atomic E-state index is 12.8. The van der Waals surface area contributed by atoms with Gasteiger partial charge in [-0.15, -0.1) is 11.3 Å². The molecule has 1 aliphatic rings. The number of methoxy groups -OCH3 is 1. The summed E-state index contributed by atoms with van der Waals surface area (Å²) < 4.78 is 5.13. The number of aliphatic carboxylic acids is 1. The van der Waals surface area contributed by atoms with Crippen molar-refractivity contribution in [1.82, 2.24) is 5.32 Å². The van der Waals surface area contributed by atoms with Gasteiger partial charge in [0.05, 0.1) is 23.6 Å². The maximum Gasteiger partial charge on any atom is 0.306 e. The van der Waals surface area contributed by atoms with E-state index < -0.39 is 5.97 Å². The molecule has 1 aromatic heterocycles. The van der Waals surface area contributed by atoms with Crippen molar-refractivity contribution in [2.24, 2.45) is 11.8 Å². The molecule has 9 heteroatoms. The molecule has 0 atom stereocenters. The van der Waals surface area contributed by atoms with Gasteiger partial charge < -0.3 is 20.5 Å². The number of aryl methyl sites for hydroxylation is 1. The summed E-state index contributed by atoms with van der Waals surface area (Å²) in [6, 6.07) is 7.04. The lowest BCUT2D eigenvalue weighted by atomic mass is 9.81. The van der Waals surface area contributed by atoms with Crippen LogP contribution in [0.15, 0.2) is 24.3 Å². The Bertz CT molecular complexity index is 982. The van der Waals surface area contributed by atoms with Crippen molar-refractivity contribution < 1.29 is 24.2 Å². The minimum Gasteiger partial charge on any atom is -0.495 e. The van der Waals surface area contributed by atoms with Crippen LogP contribution < -0.4 is 15.4 Å². The number of ether oxygens (including phenoxy) is 1. The van der Waals surface area contributed by atoms with Crippen LogP contribution in [0.4, 0.5) is 5.00 Å². The Morgan fingerprint density at radius 2 is 1.84 bits per heavy atom. The van der Waals surface area contributed by atoms with Gasteiger partial charge in [-0.3, -0.25) is 14.4 Å². The van der Waals surface area contributed by atoms with E-state index in [0.717, 1.165) is 10.4 Å². The number of hydrogen-bond acceptors (Lipinski definition) is 5. The summed E-state index contributed by atoms with van der Waals surface area (Å²) in [6.45, 7) is 2.16. The van der Waals surface area contributed by atoms with Gasteiger partial charge in [-0.2, -0.15) is 0 Å². The second kappa shape index (κ2) is 10.2. The zero-order chi connectivity index (χ0) is 22.5. The van der Waals surface area contributed by atoms with E-state index in [4.69, 9.17) is 21.4 Å². The first-order valence-corrected chi connectivity index (χ1v) is 11.2. The number of carboxylic acid groups (broad SMARTS) is 1. The molecule has 166 valence electrons. The molecule has 3 N–H and O–H groups in total. The Balaban J connectivity index is 1.61. The van der Waals surface area contributed by atoms with Crippen LogP contribution >= 0.6 is 22.9 Å². The smallest absolute Gasteiger partial charge is 0.306 e. The molecular weight excluding hydrogens is 440 g/mol. The summed E-state index contributed by atoms with van der Waals surface area (Å²) in [5.41, 5.74) is 1.24. The van der Waals surface area contributed by atoms with E-state index in [9.17, 15) is 14.4 Å². The Labute approximate surface area is 189 Å². The number of halogens is 1. The molecule has 1 saturated carbocycles. The van der Waals surface area contributed by atoms with Gasteiger partial charge in [0.15, 0.2) is 0 Å². The van der Waals surface area contributed by atoms with Crippen molar-refractivity contribution in [1.29, 1.82) is 0 Å².